The minimum atomic E-state index is -0.198. The van der Waals surface area contributed by atoms with E-state index in [1.54, 1.807) is 12.3 Å². The summed E-state index contributed by atoms with van der Waals surface area (Å²) in [5.41, 5.74) is 6.53. The normalized spacial score (nSPS) is 10.8. The fourth-order valence-corrected chi connectivity index (χ4v) is 2.47. The van der Waals surface area contributed by atoms with Crippen LogP contribution in [-0.2, 0) is 0 Å². The second kappa shape index (κ2) is 6.65. The van der Waals surface area contributed by atoms with Crippen LogP contribution < -0.4 is 5.43 Å². The molecule has 0 heterocycles. The predicted molar refractivity (Wildman–Crippen MR) is 90.1 cm³/mol. The van der Waals surface area contributed by atoms with Gasteiger partial charge in [0.2, 0.25) is 0 Å². The molecule has 2 aromatic rings. The molecule has 0 atom stereocenters. The van der Waals surface area contributed by atoms with Gasteiger partial charge in [0.1, 0.15) is 0 Å². The molecule has 1 N–H and O–H groups in total. The number of nitrogens with zero attached hydrogens (tertiary/aromatic N) is 1. The van der Waals surface area contributed by atoms with Gasteiger partial charge in [0.05, 0.1) is 11.8 Å². The molecule has 0 aliphatic heterocycles. The molecule has 0 saturated heterocycles. The molecular weight excluding hydrogens is 363 g/mol. The monoisotopic (exact) mass is 378 g/mol. The Morgan fingerprint density at radius 1 is 1.20 bits per heavy atom. The van der Waals surface area contributed by atoms with Crippen molar-refractivity contribution in [1.29, 1.82) is 0 Å². The lowest BCUT2D eigenvalue weighted by Gasteiger charge is -2.03. The van der Waals surface area contributed by atoms with E-state index in [2.05, 4.69) is 39.2 Å². The fraction of sp³-hybridized carbons (Fsp3) is 0.125. The van der Waals surface area contributed by atoms with E-state index in [1.807, 2.05) is 44.2 Å². The van der Waals surface area contributed by atoms with Crippen molar-refractivity contribution in [2.75, 3.05) is 0 Å². The molecular formula is C16H15IN2O. The smallest absolute Gasteiger partial charge is 0.267 e. The van der Waals surface area contributed by atoms with Crippen LogP contribution >= 0.6 is 22.6 Å². The van der Waals surface area contributed by atoms with Gasteiger partial charge < -0.3 is 0 Å². The highest BCUT2D eigenvalue weighted by atomic mass is 127. The zero-order chi connectivity index (χ0) is 14.5. The Balaban J connectivity index is 2.07. The first kappa shape index (κ1) is 14.7. The molecule has 102 valence electrons. The van der Waals surface area contributed by atoms with Crippen molar-refractivity contribution in [3.8, 4) is 0 Å². The largest absolute Gasteiger partial charge is 0.272 e. The summed E-state index contributed by atoms with van der Waals surface area (Å²) in [6, 6.07) is 13.5. The van der Waals surface area contributed by atoms with Gasteiger partial charge in [0.15, 0.2) is 0 Å². The second-order valence-electron chi connectivity index (χ2n) is 4.54. The summed E-state index contributed by atoms with van der Waals surface area (Å²) in [7, 11) is 0. The van der Waals surface area contributed by atoms with E-state index in [1.165, 1.54) is 5.56 Å². The van der Waals surface area contributed by atoms with Crippen molar-refractivity contribution < 1.29 is 4.79 Å². The highest BCUT2D eigenvalue weighted by molar-refractivity contribution is 14.1. The summed E-state index contributed by atoms with van der Waals surface area (Å²) < 4.78 is 0.907. The number of rotatable bonds is 3. The summed E-state index contributed by atoms with van der Waals surface area (Å²) in [4.78, 5) is 12.0. The molecule has 1 amide bonds. The number of hydrazone groups is 1. The first-order valence-corrected chi connectivity index (χ1v) is 7.31. The van der Waals surface area contributed by atoms with Crippen molar-refractivity contribution in [3.05, 3.63) is 68.3 Å². The maximum Gasteiger partial charge on any atom is 0.272 e. The number of carbonyl (C=O) groups is 1. The standard InChI is InChI=1S/C16H15IN2O/c1-11-7-8-13(12(2)9-11)10-18-19-16(20)14-5-3-4-6-15(14)17/h3-10H,1-2H3,(H,19,20)/b18-10-. The molecule has 0 aliphatic rings. The number of halogens is 1. The van der Waals surface area contributed by atoms with E-state index in [4.69, 9.17) is 0 Å². The summed E-state index contributed by atoms with van der Waals surface area (Å²) in [6.45, 7) is 4.07. The Labute approximate surface area is 132 Å². The first-order valence-electron chi connectivity index (χ1n) is 6.23. The van der Waals surface area contributed by atoms with Crippen molar-refractivity contribution in [2.45, 2.75) is 13.8 Å². The van der Waals surface area contributed by atoms with Crippen LogP contribution in [-0.4, -0.2) is 12.1 Å². The zero-order valence-corrected chi connectivity index (χ0v) is 13.5. The highest BCUT2D eigenvalue weighted by Gasteiger charge is 2.07. The molecule has 0 aromatic heterocycles. The molecule has 2 rings (SSSR count). The summed E-state index contributed by atoms with van der Waals surface area (Å²) in [6.07, 6.45) is 1.67. The Kier molecular flexibility index (Phi) is 4.89. The van der Waals surface area contributed by atoms with Crippen molar-refractivity contribution in [3.63, 3.8) is 0 Å². The predicted octanol–water partition coefficient (Wildman–Crippen LogP) is 3.67. The average molecular weight is 378 g/mol. The van der Waals surface area contributed by atoms with Crippen LogP contribution in [0.25, 0.3) is 0 Å². The van der Waals surface area contributed by atoms with Crippen molar-refractivity contribution in [1.82, 2.24) is 5.43 Å². The van der Waals surface area contributed by atoms with Crippen LogP contribution in [0.15, 0.2) is 47.6 Å². The average Bonchev–Trinajstić information content (AvgIpc) is 2.41. The van der Waals surface area contributed by atoms with E-state index >= 15 is 0 Å². The van der Waals surface area contributed by atoms with Gasteiger partial charge in [-0.1, -0.05) is 35.9 Å². The minimum Gasteiger partial charge on any atom is -0.267 e. The Bertz CT molecular complexity index is 665. The molecule has 0 aliphatic carbocycles. The minimum absolute atomic E-state index is 0.198. The van der Waals surface area contributed by atoms with Crippen LogP contribution in [0.1, 0.15) is 27.0 Å². The SMILES string of the molecule is Cc1ccc(/C=N\NC(=O)c2ccccc2I)c(C)c1. The topological polar surface area (TPSA) is 41.5 Å². The van der Waals surface area contributed by atoms with Crippen LogP contribution in [0, 0.1) is 17.4 Å². The maximum absolute atomic E-state index is 12.0. The number of hydrogen-bond acceptors (Lipinski definition) is 2. The molecule has 2 aromatic carbocycles. The van der Waals surface area contributed by atoms with Gasteiger partial charge in [-0.15, -0.1) is 0 Å². The van der Waals surface area contributed by atoms with Crippen LogP contribution in [0.3, 0.4) is 0 Å². The molecule has 4 heteroatoms. The van der Waals surface area contributed by atoms with E-state index < -0.39 is 0 Å². The maximum atomic E-state index is 12.0. The van der Waals surface area contributed by atoms with E-state index in [-0.39, 0.29) is 5.91 Å². The third-order valence-corrected chi connectivity index (χ3v) is 3.85. The number of benzene rings is 2. The van der Waals surface area contributed by atoms with E-state index in [9.17, 15) is 4.79 Å². The zero-order valence-electron chi connectivity index (χ0n) is 11.4. The molecule has 0 spiro atoms. The van der Waals surface area contributed by atoms with Crippen LogP contribution in [0.4, 0.5) is 0 Å². The molecule has 20 heavy (non-hydrogen) atoms. The third kappa shape index (κ3) is 3.66. The number of nitrogens with one attached hydrogen (secondary N) is 1. The highest BCUT2D eigenvalue weighted by Crippen LogP contribution is 2.11. The van der Waals surface area contributed by atoms with E-state index in [0.29, 0.717) is 5.56 Å². The lowest BCUT2D eigenvalue weighted by atomic mass is 10.1. The van der Waals surface area contributed by atoms with Gasteiger partial charge in [0, 0.05) is 3.57 Å². The molecule has 3 nitrogen and oxygen atoms in total. The quantitative estimate of drug-likeness (QED) is 0.494. The van der Waals surface area contributed by atoms with Crippen LogP contribution in [0.2, 0.25) is 0 Å². The van der Waals surface area contributed by atoms with Gasteiger partial charge in [-0.25, -0.2) is 5.43 Å². The van der Waals surface area contributed by atoms with Crippen molar-refractivity contribution in [2.24, 2.45) is 5.10 Å². The molecule has 0 fully saturated rings. The van der Waals surface area contributed by atoms with Gasteiger partial charge in [-0.3, -0.25) is 4.79 Å². The fourth-order valence-electron chi connectivity index (χ4n) is 1.84. The van der Waals surface area contributed by atoms with E-state index in [0.717, 1.165) is 14.7 Å². The second-order valence-corrected chi connectivity index (χ2v) is 5.70. The summed E-state index contributed by atoms with van der Waals surface area (Å²) >= 11 is 2.14. The lowest BCUT2D eigenvalue weighted by molar-refractivity contribution is 0.0954. The summed E-state index contributed by atoms with van der Waals surface area (Å²) in [5.74, 6) is -0.198. The Morgan fingerprint density at radius 3 is 2.65 bits per heavy atom. The molecule has 0 bridgehead atoms. The first-order chi connectivity index (χ1) is 9.58. The van der Waals surface area contributed by atoms with Crippen molar-refractivity contribution >= 4 is 34.7 Å². The lowest BCUT2D eigenvalue weighted by Crippen LogP contribution is -2.18. The Morgan fingerprint density at radius 2 is 1.95 bits per heavy atom. The van der Waals surface area contributed by atoms with Gasteiger partial charge in [0.25, 0.3) is 5.91 Å². The molecule has 0 unspecified atom stereocenters. The number of amides is 1. The van der Waals surface area contributed by atoms with Gasteiger partial charge in [-0.2, -0.15) is 5.10 Å². The van der Waals surface area contributed by atoms with Crippen LogP contribution in [0.5, 0.6) is 0 Å². The third-order valence-electron chi connectivity index (χ3n) is 2.91. The molecule has 0 saturated carbocycles. The summed E-state index contributed by atoms with van der Waals surface area (Å²) in [5, 5.41) is 4.02. The number of hydrogen-bond donors (Lipinski definition) is 1. The van der Waals surface area contributed by atoms with Gasteiger partial charge in [-0.05, 0) is 59.7 Å². The molecule has 0 radical (unpaired) electrons. The number of aryl methyl sites for hydroxylation is 2. The van der Waals surface area contributed by atoms with Gasteiger partial charge >= 0.3 is 0 Å². The Hall–Kier alpha value is -1.69. The number of carbonyl (C=O) groups excluding carboxylic acids is 1.